The number of ether oxygens (including phenoxy) is 3. The Bertz CT molecular complexity index is 604. The molecule has 0 aromatic heterocycles. The van der Waals surface area contributed by atoms with Gasteiger partial charge in [-0.25, -0.2) is 0 Å². The third-order valence-electron chi connectivity index (χ3n) is 3.94. The number of nitrogens with zero attached hydrogens (tertiary/aromatic N) is 1. The first-order valence-corrected chi connectivity index (χ1v) is 7.65. The van der Waals surface area contributed by atoms with Gasteiger partial charge in [0.2, 0.25) is 11.8 Å². The van der Waals surface area contributed by atoms with Crippen molar-refractivity contribution in [1.82, 2.24) is 5.32 Å². The topological polar surface area (TPSA) is 77.1 Å². The van der Waals surface area contributed by atoms with Crippen LogP contribution in [0, 0.1) is 5.92 Å². The number of amides is 2. The quantitative estimate of drug-likeness (QED) is 0.803. The largest absolute Gasteiger partial charge is 0.486 e. The van der Waals surface area contributed by atoms with Crippen LogP contribution in [-0.4, -0.2) is 51.8 Å². The van der Waals surface area contributed by atoms with Crippen LogP contribution in [0.4, 0.5) is 5.69 Å². The van der Waals surface area contributed by atoms with Crippen molar-refractivity contribution in [2.45, 2.75) is 6.42 Å². The fourth-order valence-corrected chi connectivity index (χ4v) is 2.75. The van der Waals surface area contributed by atoms with E-state index < -0.39 is 0 Å². The zero-order valence-corrected chi connectivity index (χ0v) is 13.0. The number of fused-ring (bicyclic) bond motifs is 1. The average molecular weight is 320 g/mol. The summed E-state index contributed by atoms with van der Waals surface area (Å²) in [5.41, 5.74) is 0.728. The van der Waals surface area contributed by atoms with E-state index in [1.165, 1.54) is 0 Å². The highest BCUT2D eigenvalue weighted by Crippen LogP contribution is 2.35. The molecular weight excluding hydrogens is 300 g/mol. The Morgan fingerprint density at radius 2 is 2.13 bits per heavy atom. The molecule has 2 amide bonds. The molecule has 0 spiro atoms. The van der Waals surface area contributed by atoms with E-state index in [-0.39, 0.29) is 24.2 Å². The molecule has 1 unspecified atom stereocenters. The highest BCUT2D eigenvalue weighted by atomic mass is 16.6. The van der Waals surface area contributed by atoms with Gasteiger partial charge >= 0.3 is 0 Å². The molecule has 0 saturated carbocycles. The Kier molecular flexibility index (Phi) is 4.66. The molecule has 0 aliphatic carbocycles. The van der Waals surface area contributed by atoms with E-state index in [2.05, 4.69) is 5.32 Å². The maximum absolute atomic E-state index is 12.2. The van der Waals surface area contributed by atoms with Crippen LogP contribution in [0.1, 0.15) is 6.42 Å². The van der Waals surface area contributed by atoms with Gasteiger partial charge in [-0.3, -0.25) is 9.59 Å². The fraction of sp³-hybridized carbons (Fsp3) is 0.500. The predicted molar refractivity (Wildman–Crippen MR) is 82.8 cm³/mol. The Balaban J connectivity index is 1.67. The summed E-state index contributed by atoms with van der Waals surface area (Å²) in [6, 6.07) is 5.40. The van der Waals surface area contributed by atoms with E-state index >= 15 is 0 Å². The van der Waals surface area contributed by atoms with Crippen molar-refractivity contribution in [1.29, 1.82) is 0 Å². The van der Waals surface area contributed by atoms with Crippen molar-refractivity contribution in [2.24, 2.45) is 5.92 Å². The predicted octanol–water partition coefficient (Wildman–Crippen LogP) is 0.573. The van der Waals surface area contributed by atoms with Crippen molar-refractivity contribution < 1.29 is 23.8 Å². The Labute approximate surface area is 134 Å². The van der Waals surface area contributed by atoms with Gasteiger partial charge < -0.3 is 24.4 Å². The molecule has 1 atom stereocenters. The molecule has 7 nitrogen and oxygen atoms in total. The van der Waals surface area contributed by atoms with E-state index in [9.17, 15) is 9.59 Å². The van der Waals surface area contributed by atoms with Crippen LogP contribution in [0.25, 0.3) is 0 Å². The van der Waals surface area contributed by atoms with Crippen LogP contribution in [0.15, 0.2) is 18.2 Å². The van der Waals surface area contributed by atoms with E-state index in [1.807, 2.05) is 6.07 Å². The molecule has 7 heteroatoms. The lowest BCUT2D eigenvalue weighted by Gasteiger charge is -2.22. The van der Waals surface area contributed by atoms with Gasteiger partial charge in [0.1, 0.15) is 13.2 Å². The minimum absolute atomic E-state index is 0.0615. The molecule has 0 radical (unpaired) electrons. The number of nitrogens with one attached hydrogen (secondary N) is 1. The minimum Gasteiger partial charge on any atom is -0.486 e. The molecule has 124 valence electrons. The van der Waals surface area contributed by atoms with Crippen molar-refractivity contribution in [3.05, 3.63) is 18.2 Å². The lowest BCUT2D eigenvalue weighted by atomic mass is 10.1. The molecule has 23 heavy (non-hydrogen) atoms. The summed E-state index contributed by atoms with van der Waals surface area (Å²) >= 11 is 0. The van der Waals surface area contributed by atoms with Gasteiger partial charge in [0.25, 0.3) is 0 Å². The van der Waals surface area contributed by atoms with Gasteiger partial charge in [-0.2, -0.15) is 0 Å². The number of rotatable bonds is 5. The van der Waals surface area contributed by atoms with Crippen molar-refractivity contribution in [2.75, 3.05) is 44.9 Å². The monoisotopic (exact) mass is 320 g/mol. The van der Waals surface area contributed by atoms with E-state index in [1.54, 1.807) is 24.1 Å². The maximum Gasteiger partial charge on any atom is 0.227 e. The molecule has 1 fully saturated rings. The maximum atomic E-state index is 12.2. The summed E-state index contributed by atoms with van der Waals surface area (Å²) in [4.78, 5) is 25.9. The second-order valence-corrected chi connectivity index (χ2v) is 5.52. The highest BCUT2D eigenvalue weighted by molar-refractivity contribution is 6.00. The van der Waals surface area contributed by atoms with Crippen LogP contribution in [0.3, 0.4) is 0 Å². The molecule has 2 heterocycles. The lowest BCUT2D eigenvalue weighted by molar-refractivity contribution is -0.126. The summed E-state index contributed by atoms with van der Waals surface area (Å²) in [5.74, 6) is 0.798. The van der Waals surface area contributed by atoms with Crippen LogP contribution in [0.2, 0.25) is 0 Å². The van der Waals surface area contributed by atoms with Gasteiger partial charge in [-0.05, 0) is 12.1 Å². The smallest absolute Gasteiger partial charge is 0.227 e. The summed E-state index contributed by atoms with van der Waals surface area (Å²) in [6.07, 6.45) is 0.216. The van der Waals surface area contributed by atoms with Gasteiger partial charge in [0.05, 0.1) is 12.5 Å². The van der Waals surface area contributed by atoms with Crippen LogP contribution in [-0.2, 0) is 14.3 Å². The number of methoxy groups -OCH3 is 1. The lowest BCUT2D eigenvalue weighted by Crippen LogP contribution is -2.34. The van der Waals surface area contributed by atoms with Gasteiger partial charge in [0.15, 0.2) is 11.5 Å². The fourth-order valence-electron chi connectivity index (χ4n) is 2.75. The summed E-state index contributed by atoms with van der Waals surface area (Å²) in [6.45, 7) is 2.30. The highest BCUT2D eigenvalue weighted by Gasteiger charge is 2.35. The number of hydrogen-bond donors (Lipinski definition) is 1. The van der Waals surface area contributed by atoms with Crippen LogP contribution < -0.4 is 19.7 Å². The second-order valence-electron chi connectivity index (χ2n) is 5.52. The molecule has 0 bridgehead atoms. The molecule has 1 aromatic rings. The molecule has 2 aliphatic rings. The van der Waals surface area contributed by atoms with Gasteiger partial charge in [-0.15, -0.1) is 0 Å². The first-order chi connectivity index (χ1) is 11.2. The number of benzene rings is 1. The standard InChI is InChI=1S/C16H20N2O5/c1-21-5-4-17-16(20)11-8-15(19)18(10-11)12-2-3-13-14(9-12)23-7-6-22-13/h2-3,9,11H,4-8,10H2,1H3,(H,17,20). The molecule has 3 rings (SSSR count). The molecule has 1 aromatic carbocycles. The second kappa shape index (κ2) is 6.87. The van der Waals surface area contributed by atoms with E-state index in [0.717, 1.165) is 5.69 Å². The molecule has 2 aliphatic heterocycles. The van der Waals surface area contributed by atoms with Crippen LogP contribution in [0.5, 0.6) is 11.5 Å². The molecule has 1 N–H and O–H groups in total. The normalized spacial score (nSPS) is 19.8. The Hall–Kier alpha value is -2.28. The Morgan fingerprint density at radius 1 is 1.35 bits per heavy atom. The summed E-state index contributed by atoms with van der Waals surface area (Å²) < 4.78 is 15.9. The third-order valence-corrected chi connectivity index (χ3v) is 3.94. The SMILES string of the molecule is COCCNC(=O)C1CC(=O)N(c2ccc3c(c2)OCCO3)C1. The summed E-state index contributed by atoms with van der Waals surface area (Å²) in [7, 11) is 1.58. The van der Waals surface area contributed by atoms with Crippen LogP contribution >= 0.6 is 0 Å². The van der Waals surface area contributed by atoms with E-state index in [4.69, 9.17) is 14.2 Å². The number of carbonyl (C=O) groups is 2. The first-order valence-electron chi connectivity index (χ1n) is 7.65. The Morgan fingerprint density at radius 3 is 2.91 bits per heavy atom. The third kappa shape index (κ3) is 3.39. The zero-order chi connectivity index (χ0) is 16.2. The van der Waals surface area contributed by atoms with Gasteiger partial charge in [0, 0.05) is 38.4 Å². The number of anilines is 1. The summed E-state index contributed by atoms with van der Waals surface area (Å²) in [5, 5.41) is 2.78. The van der Waals surface area contributed by atoms with Crippen molar-refractivity contribution >= 4 is 17.5 Å². The minimum atomic E-state index is -0.340. The number of hydrogen-bond acceptors (Lipinski definition) is 5. The average Bonchev–Trinajstić information content (AvgIpc) is 2.96. The number of carbonyl (C=O) groups excluding carboxylic acids is 2. The zero-order valence-electron chi connectivity index (χ0n) is 13.0. The van der Waals surface area contributed by atoms with Gasteiger partial charge in [-0.1, -0.05) is 0 Å². The molecular formula is C16H20N2O5. The van der Waals surface area contributed by atoms with Crippen molar-refractivity contribution in [3.63, 3.8) is 0 Å². The molecule has 1 saturated heterocycles. The first kappa shape index (κ1) is 15.6. The van der Waals surface area contributed by atoms with E-state index in [0.29, 0.717) is 44.4 Å². The van der Waals surface area contributed by atoms with Crippen molar-refractivity contribution in [3.8, 4) is 11.5 Å².